The van der Waals surface area contributed by atoms with Gasteiger partial charge in [0.2, 0.25) is 5.76 Å². The molecule has 2 aliphatic carbocycles. The lowest BCUT2D eigenvalue weighted by molar-refractivity contribution is -0.142. The van der Waals surface area contributed by atoms with Gasteiger partial charge in [-0.15, -0.1) is 0 Å². The summed E-state index contributed by atoms with van der Waals surface area (Å²) in [5.41, 5.74) is 0.595. The van der Waals surface area contributed by atoms with Gasteiger partial charge in [-0.3, -0.25) is 0 Å². The Morgan fingerprint density at radius 1 is 1.44 bits per heavy atom. The van der Waals surface area contributed by atoms with Crippen LogP contribution in [0.4, 0.5) is 0 Å². The van der Waals surface area contributed by atoms with Crippen LogP contribution in [0.5, 0.6) is 0 Å². The van der Waals surface area contributed by atoms with Crippen molar-refractivity contribution in [2.45, 2.75) is 56.8 Å². The van der Waals surface area contributed by atoms with E-state index >= 15 is 0 Å². The lowest BCUT2D eigenvalue weighted by Gasteiger charge is -2.23. The van der Waals surface area contributed by atoms with Crippen LogP contribution in [0.25, 0.3) is 0 Å². The fraction of sp³-hybridized carbons (Fsp3) is 0.786. The summed E-state index contributed by atoms with van der Waals surface area (Å²) in [6.45, 7) is 4.38. The van der Waals surface area contributed by atoms with E-state index in [1.165, 1.54) is 6.42 Å². The smallest absolute Gasteiger partial charge is 0.374 e. The molecule has 2 saturated carbocycles. The lowest BCUT2D eigenvalue weighted by atomic mass is 9.80. The van der Waals surface area contributed by atoms with E-state index in [0.717, 1.165) is 18.4 Å². The molecule has 0 bridgehead atoms. The minimum absolute atomic E-state index is 0.0419. The number of epoxide rings is 1. The molecule has 0 radical (unpaired) electrons. The summed E-state index contributed by atoms with van der Waals surface area (Å²) in [5, 5.41) is 9.89. The van der Waals surface area contributed by atoms with E-state index in [2.05, 4.69) is 13.8 Å². The van der Waals surface area contributed by atoms with Crippen molar-refractivity contribution in [3.05, 3.63) is 11.3 Å². The molecule has 4 aliphatic rings. The van der Waals surface area contributed by atoms with Gasteiger partial charge in [0, 0.05) is 12.0 Å². The van der Waals surface area contributed by atoms with Gasteiger partial charge in [0.15, 0.2) is 0 Å². The fourth-order valence-corrected chi connectivity index (χ4v) is 4.58. The Balaban J connectivity index is 1.79. The molecule has 1 N–H and O–H groups in total. The van der Waals surface area contributed by atoms with E-state index < -0.39 is 5.97 Å². The minimum Gasteiger partial charge on any atom is -0.502 e. The van der Waals surface area contributed by atoms with Crippen LogP contribution in [0.15, 0.2) is 11.3 Å². The number of aliphatic hydroxyl groups is 1. The van der Waals surface area contributed by atoms with Crippen molar-refractivity contribution in [3.8, 4) is 0 Å². The Kier molecular flexibility index (Phi) is 1.76. The SMILES string of the molecule is C[C@H]1C[C@H]2OC(=O)C(O)=C2C[C@@]23O[C@]2(C)CC[C@@H]13. The average molecular weight is 250 g/mol. The molecule has 1 spiro atoms. The second-order valence-electron chi connectivity index (χ2n) is 6.53. The minimum atomic E-state index is -0.558. The molecule has 5 atom stereocenters. The molecule has 0 aromatic rings. The molecule has 4 rings (SSSR count). The van der Waals surface area contributed by atoms with Crippen molar-refractivity contribution < 1.29 is 19.4 Å². The Hall–Kier alpha value is -1.03. The normalized spacial score (nSPS) is 53.4. The van der Waals surface area contributed by atoms with Crippen LogP contribution < -0.4 is 0 Å². The van der Waals surface area contributed by atoms with Crippen LogP contribution in [-0.2, 0) is 14.3 Å². The second kappa shape index (κ2) is 2.93. The molecule has 98 valence electrons. The van der Waals surface area contributed by atoms with Crippen molar-refractivity contribution in [1.29, 1.82) is 0 Å². The van der Waals surface area contributed by atoms with E-state index in [0.29, 0.717) is 18.3 Å². The van der Waals surface area contributed by atoms with Crippen LogP contribution in [-0.4, -0.2) is 28.4 Å². The molecular formula is C14H18O4. The van der Waals surface area contributed by atoms with Gasteiger partial charge < -0.3 is 14.6 Å². The van der Waals surface area contributed by atoms with Crippen molar-refractivity contribution in [2.75, 3.05) is 0 Å². The Morgan fingerprint density at radius 2 is 2.22 bits per heavy atom. The molecule has 1 saturated heterocycles. The van der Waals surface area contributed by atoms with E-state index in [9.17, 15) is 9.90 Å². The van der Waals surface area contributed by atoms with E-state index in [1.807, 2.05) is 0 Å². The highest BCUT2D eigenvalue weighted by molar-refractivity contribution is 5.89. The van der Waals surface area contributed by atoms with Gasteiger partial charge in [-0.25, -0.2) is 4.79 Å². The first kappa shape index (κ1) is 10.9. The highest BCUT2D eigenvalue weighted by Crippen LogP contribution is 2.68. The molecule has 0 amide bonds. The van der Waals surface area contributed by atoms with Gasteiger partial charge in [0.25, 0.3) is 0 Å². The Bertz CT molecular complexity index is 482. The number of fused-ring (bicyclic) bond motifs is 1. The predicted octanol–water partition coefficient (Wildman–Crippen LogP) is 2.09. The maximum Gasteiger partial charge on any atom is 0.374 e. The van der Waals surface area contributed by atoms with Crippen LogP contribution >= 0.6 is 0 Å². The number of hydrogen-bond acceptors (Lipinski definition) is 4. The van der Waals surface area contributed by atoms with E-state index in [4.69, 9.17) is 9.47 Å². The molecular weight excluding hydrogens is 232 g/mol. The van der Waals surface area contributed by atoms with Crippen LogP contribution in [0, 0.1) is 11.8 Å². The molecule has 0 aromatic heterocycles. The molecule has 2 aliphatic heterocycles. The van der Waals surface area contributed by atoms with Crippen molar-refractivity contribution >= 4 is 5.97 Å². The van der Waals surface area contributed by atoms with Crippen LogP contribution in [0.3, 0.4) is 0 Å². The van der Waals surface area contributed by atoms with Crippen molar-refractivity contribution in [3.63, 3.8) is 0 Å². The number of aliphatic hydroxyl groups excluding tert-OH is 1. The zero-order valence-electron chi connectivity index (χ0n) is 10.7. The second-order valence-corrected chi connectivity index (χ2v) is 6.53. The first-order chi connectivity index (χ1) is 8.47. The summed E-state index contributed by atoms with van der Waals surface area (Å²) in [7, 11) is 0. The van der Waals surface area contributed by atoms with Gasteiger partial charge in [-0.05, 0) is 38.0 Å². The van der Waals surface area contributed by atoms with E-state index in [-0.39, 0.29) is 23.1 Å². The first-order valence-corrected chi connectivity index (χ1v) is 6.80. The average Bonchev–Trinajstić information content (AvgIpc) is 2.72. The Morgan fingerprint density at radius 3 is 2.94 bits per heavy atom. The summed E-state index contributed by atoms with van der Waals surface area (Å²) in [6, 6.07) is 0. The van der Waals surface area contributed by atoms with Gasteiger partial charge >= 0.3 is 5.97 Å². The van der Waals surface area contributed by atoms with Crippen LogP contribution in [0.2, 0.25) is 0 Å². The summed E-state index contributed by atoms with van der Waals surface area (Å²) in [4.78, 5) is 11.5. The van der Waals surface area contributed by atoms with Gasteiger partial charge in [-0.2, -0.15) is 0 Å². The number of carbonyl (C=O) groups excluding carboxylic acids is 1. The molecule has 0 unspecified atom stereocenters. The summed E-state index contributed by atoms with van der Waals surface area (Å²) in [6.07, 6.45) is 3.54. The summed E-state index contributed by atoms with van der Waals surface area (Å²) < 4.78 is 11.3. The topological polar surface area (TPSA) is 59.1 Å². The molecule has 3 fully saturated rings. The third kappa shape index (κ3) is 1.04. The molecule has 2 heterocycles. The molecule has 0 aromatic carbocycles. The van der Waals surface area contributed by atoms with Crippen molar-refractivity contribution in [2.24, 2.45) is 11.8 Å². The molecule has 4 heteroatoms. The predicted molar refractivity (Wildman–Crippen MR) is 62.9 cm³/mol. The highest BCUT2D eigenvalue weighted by atomic mass is 16.6. The zero-order chi connectivity index (χ0) is 12.7. The lowest BCUT2D eigenvalue weighted by Crippen LogP contribution is -2.28. The third-order valence-electron chi connectivity index (χ3n) is 5.65. The quantitative estimate of drug-likeness (QED) is 0.528. The van der Waals surface area contributed by atoms with Crippen LogP contribution in [0.1, 0.15) is 39.5 Å². The largest absolute Gasteiger partial charge is 0.502 e. The number of ether oxygens (including phenoxy) is 2. The van der Waals surface area contributed by atoms with E-state index in [1.54, 1.807) is 0 Å². The summed E-state index contributed by atoms with van der Waals surface area (Å²) >= 11 is 0. The summed E-state index contributed by atoms with van der Waals surface area (Å²) in [5.74, 6) is 0.284. The highest BCUT2D eigenvalue weighted by Gasteiger charge is 2.75. The monoisotopic (exact) mass is 250 g/mol. The number of carbonyl (C=O) groups is 1. The third-order valence-corrected chi connectivity index (χ3v) is 5.65. The Labute approximate surface area is 106 Å². The number of rotatable bonds is 0. The van der Waals surface area contributed by atoms with Crippen molar-refractivity contribution in [1.82, 2.24) is 0 Å². The molecule has 4 nitrogen and oxygen atoms in total. The standard InChI is InChI=1S/C14H18O4/c1-7-5-10-8(11(15)12(16)17-10)6-14-9(7)3-4-13(14,2)18-14/h7,9-10,15H,3-6H2,1-2H3/t7-,9-,10+,13+,14-/m0/s1. The molecule has 18 heavy (non-hydrogen) atoms. The number of esters is 1. The first-order valence-electron chi connectivity index (χ1n) is 6.80. The van der Waals surface area contributed by atoms with Gasteiger partial charge in [-0.1, -0.05) is 6.92 Å². The zero-order valence-corrected chi connectivity index (χ0v) is 10.7. The van der Waals surface area contributed by atoms with Gasteiger partial charge in [0.1, 0.15) is 11.7 Å². The van der Waals surface area contributed by atoms with Gasteiger partial charge in [0.05, 0.1) is 5.60 Å². The maximum absolute atomic E-state index is 11.5. The number of hydrogen-bond donors (Lipinski definition) is 1. The fourth-order valence-electron chi connectivity index (χ4n) is 4.58. The maximum atomic E-state index is 11.5.